The number of nitrogens with zero attached hydrogens (tertiary/aromatic N) is 2. The van der Waals surface area contributed by atoms with E-state index in [-0.39, 0.29) is 30.7 Å². The van der Waals surface area contributed by atoms with Gasteiger partial charge in [0.1, 0.15) is 12.3 Å². The van der Waals surface area contributed by atoms with Gasteiger partial charge in [-0.05, 0) is 37.0 Å². The summed E-state index contributed by atoms with van der Waals surface area (Å²) < 4.78 is 5.45. The highest BCUT2D eigenvalue weighted by Crippen LogP contribution is 2.33. The molecule has 2 heterocycles. The number of ether oxygens (including phenoxy) is 1. The van der Waals surface area contributed by atoms with E-state index in [1.54, 1.807) is 25.1 Å². The maximum Gasteiger partial charge on any atom is 0.265 e. The number of carbonyl (C=O) groups excluding carboxylic acids is 3. The minimum atomic E-state index is -0.257. The molecule has 0 atom stereocenters. The molecular weight excluding hydrogens is 320 g/mol. The Morgan fingerprint density at radius 3 is 2.64 bits per heavy atom. The number of hydrogen-bond acceptors (Lipinski definition) is 4. The zero-order valence-corrected chi connectivity index (χ0v) is 14.8. The van der Waals surface area contributed by atoms with Gasteiger partial charge in [-0.15, -0.1) is 0 Å². The molecule has 1 aromatic rings. The fourth-order valence-electron chi connectivity index (χ4n) is 3.25. The molecule has 1 aromatic carbocycles. The second kappa shape index (κ2) is 7.25. The summed E-state index contributed by atoms with van der Waals surface area (Å²) in [6.45, 7) is 5.36. The van der Waals surface area contributed by atoms with E-state index in [0.717, 1.165) is 25.9 Å². The van der Waals surface area contributed by atoms with E-state index >= 15 is 0 Å². The Bertz CT molecular complexity index is 693. The molecule has 6 heteroatoms. The zero-order valence-electron chi connectivity index (χ0n) is 14.8. The average Bonchev–Trinajstić information content (AvgIpc) is 2.63. The lowest BCUT2D eigenvalue weighted by atomic mass is 9.99. The van der Waals surface area contributed by atoms with Crippen LogP contribution in [-0.4, -0.2) is 48.7 Å². The summed E-state index contributed by atoms with van der Waals surface area (Å²) in [6, 6.07) is 5.06. The van der Waals surface area contributed by atoms with Gasteiger partial charge in [-0.25, -0.2) is 0 Å². The van der Waals surface area contributed by atoms with Crippen LogP contribution < -0.4 is 9.64 Å². The van der Waals surface area contributed by atoms with Gasteiger partial charge in [0.25, 0.3) is 5.91 Å². The fourth-order valence-corrected chi connectivity index (χ4v) is 3.25. The van der Waals surface area contributed by atoms with Gasteiger partial charge in [-0.2, -0.15) is 0 Å². The second-order valence-corrected chi connectivity index (χ2v) is 6.79. The number of ketones is 1. The summed E-state index contributed by atoms with van der Waals surface area (Å²) in [5, 5.41) is 0. The lowest BCUT2D eigenvalue weighted by molar-refractivity contribution is -0.133. The Hall–Kier alpha value is -2.37. The minimum Gasteiger partial charge on any atom is -0.482 e. The van der Waals surface area contributed by atoms with Crippen LogP contribution in [0.2, 0.25) is 0 Å². The summed E-state index contributed by atoms with van der Waals surface area (Å²) in [5.74, 6) is 0.856. The normalized spacial score (nSPS) is 17.9. The van der Waals surface area contributed by atoms with Crippen molar-refractivity contribution >= 4 is 23.3 Å². The molecule has 0 aliphatic carbocycles. The molecule has 0 bridgehead atoms. The van der Waals surface area contributed by atoms with E-state index in [2.05, 4.69) is 6.92 Å². The molecule has 0 saturated carbocycles. The van der Waals surface area contributed by atoms with Gasteiger partial charge in [0.05, 0.1) is 5.69 Å². The molecule has 25 heavy (non-hydrogen) atoms. The maximum absolute atomic E-state index is 12.6. The summed E-state index contributed by atoms with van der Waals surface area (Å²) >= 11 is 0. The van der Waals surface area contributed by atoms with Gasteiger partial charge < -0.3 is 9.64 Å². The van der Waals surface area contributed by atoms with Crippen LogP contribution in [0.5, 0.6) is 5.75 Å². The number of benzene rings is 1. The van der Waals surface area contributed by atoms with Crippen LogP contribution in [0.15, 0.2) is 18.2 Å². The van der Waals surface area contributed by atoms with Crippen LogP contribution in [0.3, 0.4) is 0 Å². The van der Waals surface area contributed by atoms with Gasteiger partial charge in [0.15, 0.2) is 12.4 Å². The Morgan fingerprint density at radius 2 is 1.96 bits per heavy atom. The summed E-state index contributed by atoms with van der Waals surface area (Å²) in [5.41, 5.74) is 1.04. The number of piperidine rings is 1. The lowest BCUT2D eigenvalue weighted by Gasteiger charge is -2.34. The Morgan fingerprint density at radius 1 is 1.24 bits per heavy atom. The number of Topliss-reactive ketones (excluding diaryl/α,β-unsaturated/α-hetero) is 1. The van der Waals surface area contributed by atoms with Crippen molar-refractivity contribution in [1.29, 1.82) is 0 Å². The van der Waals surface area contributed by atoms with Crippen LogP contribution in [0.1, 0.15) is 43.5 Å². The van der Waals surface area contributed by atoms with Crippen LogP contribution in [-0.2, 0) is 9.59 Å². The first kappa shape index (κ1) is 17.5. The van der Waals surface area contributed by atoms with Crippen molar-refractivity contribution in [2.24, 2.45) is 5.92 Å². The zero-order chi connectivity index (χ0) is 18.0. The van der Waals surface area contributed by atoms with E-state index in [9.17, 15) is 14.4 Å². The predicted octanol–water partition coefficient (Wildman–Crippen LogP) is 2.26. The summed E-state index contributed by atoms with van der Waals surface area (Å²) in [4.78, 5) is 40.2. The smallest absolute Gasteiger partial charge is 0.265 e. The number of hydrogen-bond donors (Lipinski definition) is 0. The molecule has 0 unspecified atom stereocenters. The number of anilines is 1. The van der Waals surface area contributed by atoms with E-state index in [0.29, 0.717) is 29.3 Å². The monoisotopic (exact) mass is 344 g/mol. The minimum absolute atomic E-state index is 0.00267. The fraction of sp³-hybridized carbons (Fsp3) is 0.526. The highest BCUT2D eigenvalue weighted by Gasteiger charge is 2.30. The number of likely N-dealkylation sites (tertiary alicyclic amines) is 1. The molecule has 2 aliphatic rings. The van der Waals surface area contributed by atoms with E-state index < -0.39 is 0 Å². The quantitative estimate of drug-likeness (QED) is 0.786. The number of amides is 2. The third kappa shape index (κ3) is 3.67. The molecule has 134 valence electrons. The molecule has 0 N–H and O–H groups in total. The van der Waals surface area contributed by atoms with Crippen molar-refractivity contribution in [2.45, 2.75) is 33.1 Å². The van der Waals surface area contributed by atoms with Crippen molar-refractivity contribution in [3.63, 3.8) is 0 Å². The standard InChI is InChI=1S/C19H24N2O4/c1-3-16(22)14-4-5-17-15(10-14)21(19(24)12-25-17)11-18(23)20-8-6-13(2)7-9-20/h4-5,10,13H,3,6-9,11-12H2,1-2H3. The first-order valence-corrected chi connectivity index (χ1v) is 8.87. The van der Waals surface area contributed by atoms with Crippen molar-refractivity contribution in [3.05, 3.63) is 23.8 Å². The second-order valence-electron chi connectivity index (χ2n) is 6.79. The van der Waals surface area contributed by atoms with Crippen molar-refractivity contribution in [2.75, 3.05) is 31.1 Å². The average molecular weight is 344 g/mol. The van der Waals surface area contributed by atoms with Gasteiger partial charge in [-0.1, -0.05) is 13.8 Å². The number of rotatable bonds is 4. The Labute approximate surface area is 147 Å². The first-order chi connectivity index (χ1) is 12.0. The molecule has 1 fully saturated rings. The Kier molecular flexibility index (Phi) is 5.06. The predicted molar refractivity (Wildman–Crippen MR) is 93.9 cm³/mol. The molecule has 2 amide bonds. The van der Waals surface area contributed by atoms with Crippen LogP contribution in [0.4, 0.5) is 5.69 Å². The summed E-state index contributed by atoms with van der Waals surface area (Å²) in [6.07, 6.45) is 2.38. The molecule has 0 radical (unpaired) electrons. The molecule has 1 saturated heterocycles. The van der Waals surface area contributed by atoms with E-state index in [4.69, 9.17) is 4.74 Å². The molecule has 6 nitrogen and oxygen atoms in total. The van der Waals surface area contributed by atoms with Gasteiger partial charge in [-0.3, -0.25) is 19.3 Å². The number of fused-ring (bicyclic) bond motifs is 1. The van der Waals surface area contributed by atoms with Crippen LogP contribution >= 0.6 is 0 Å². The van der Waals surface area contributed by atoms with E-state index in [1.165, 1.54) is 4.90 Å². The topological polar surface area (TPSA) is 66.9 Å². The third-order valence-corrected chi connectivity index (χ3v) is 4.97. The van der Waals surface area contributed by atoms with Gasteiger partial charge >= 0.3 is 0 Å². The van der Waals surface area contributed by atoms with Crippen LogP contribution in [0, 0.1) is 5.92 Å². The highest BCUT2D eigenvalue weighted by molar-refractivity contribution is 6.04. The maximum atomic E-state index is 12.6. The molecule has 0 aromatic heterocycles. The number of carbonyl (C=O) groups is 3. The molecule has 2 aliphatic heterocycles. The Balaban J connectivity index is 1.80. The highest BCUT2D eigenvalue weighted by atomic mass is 16.5. The van der Waals surface area contributed by atoms with E-state index in [1.807, 2.05) is 4.90 Å². The van der Waals surface area contributed by atoms with Crippen molar-refractivity contribution < 1.29 is 19.1 Å². The molecular formula is C19H24N2O4. The van der Waals surface area contributed by atoms with Crippen molar-refractivity contribution in [3.8, 4) is 5.75 Å². The third-order valence-electron chi connectivity index (χ3n) is 4.97. The van der Waals surface area contributed by atoms with Crippen molar-refractivity contribution in [1.82, 2.24) is 4.90 Å². The van der Waals surface area contributed by atoms with Gasteiger partial charge in [0, 0.05) is 25.1 Å². The van der Waals surface area contributed by atoms with Crippen LogP contribution in [0.25, 0.3) is 0 Å². The molecule has 3 rings (SSSR count). The van der Waals surface area contributed by atoms with Gasteiger partial charge in [0.2, 0.25) is 5.91 Å². The largest absolute Gasteiger partial charge is 0.482 e. The first-order valence-electron chi connectivity index (χ1n) is 8.87. The molecule has 0 spiro atoms. The summed E-state index contributed by atoms with van der Waals surface area (Å²) in [7, 11) is 0. The SMILES string of the molecule is CCC(=O)c1ccc2c(c1)N(CC(=O)N1CCC(C)CC1)C(=O)CO2. The lowest BCUT2D eigenvalue weighted by Crippen LogP contribution is -2.48.